The zero-order valence-corrected chi connectivity index (χ0v) is 11.3. The molecule has 2 rings (SSSR count). The van der Waals surface area contributed by atoms with Crippen molar-refractivity contribution < 1.29 is 18.3 Å². The van der Waals surface area contributed by atoms with Crippen LogP contribution in [0.4, 0.5) is 24.8 Å². The summed E-state index contributed by atoms with van der Waals surface area (Å²) in [5.74, 6) is -0.736. The molecule has 2 heterocycles. The standard InChI is InChI=1S/C12H17F3N4O/c1-7(20)8-3-4-19(6-8)10-5-9(16-2)17-11(18-10)12(13,14)15/h5,7-8,20H,3-4,6H2,1-2H3,(H,16,17,18). The van der Waals surface area contributed by atoms with Crippen LogP contribution in [-0.4, -0.2) is 41.3 Å². The van der Waals surface area contributed by atoms with Gasteiger partial charge >= 0.3 is 6.18 Å². The van der Waals surface area contributed by atoms with Crippen molar-refractivity contribution in [1.29, 1.82) is 0 Å². The van der Waals surface area contributed by atoms with Gasteiger partial charge in [0.05, 0.1) is 6.10 Å². The van der Waals surface area contributed by atoms with E-state index in [0.29, 0.717) is 13.1 Å². The molecule has 2 N–H and O–H groups in total. The van der Waals surface area contributed by atoms with Gasteiger partial charge in [-0.25, -0.2) is 9.97 Å². The average Bonchev–Trinajstić information content (AvgIpc) is 2.87. The lowest BCUT2D eigenvalue weighted by molar-refractivity contribution is -0.144. The molecule has 2 atom stereocenters. The van der Waals surface area contributed by atoms with Crippen LogP contribution in [0, 0.1) is 5.92 Å². The van der Waals surface area contributed by atoms with Crippen molar-refractivity contribution in [2.75, 3.05) is 30.4 Å². The fourth-order valence-electron chi connectivity index (χ4n) is 2.24. The number of aliphatic hydroxyl groups is 1. The highest BCUT2D eigenvalue weighted by atomic mass is 19.4. The maximum Gasteiger partial charge on any atom is 0.451 e. The van der Waals surface area contributed by atoms with Crippen LogP contribution in [0.15, 0.2) is 6.07 Å². The Balaban J connectivity index is 2.28. The van der Waals surface area contributed by atoms with Crippen molar-refractivity contribution in [3.05, 3.63) is 11.9 Å². The number of hydrogen-bond acceptors (Lipinski definition) is 5. The van der Waals surface area contributed by atoms with Crippen molar-refractivity contribution in [1.82, 2.24) is 9.97 Å². The van der Waals surface area contributed by atoms with E-state index in [0.717, 1.165) is 6.42 Å². The summed E-state index contributed by atoms with van der Waals surface area (Å²) in [6, 6.07) is 1.49. The number of nitrogens with zero attached hydrogens (tertiary/aromatic N) is 3. The maximum absolute atomic E-state index is 12.8. The van der Waals surface area contributed by atoms with Gasteiger partial charge < -0.3 is 15.3 Å². The fraction of sp³-hybridized carbons (Fsp3) is 0.667. The number of anilines is 2. The summed E-state index contributed by atoms with van der Waals surface area (Å²) in [4.78, 5) is 8.77. The molecule has 0 spiro atoms. The highest BCUT2D eigenvalue weighted by Crippen LogP contribution is 2.31. The van der Waals surface area contributed by atoms with Crippen molar-refractivity contribution in [3.63, 3.8) is 0 Å². The van der Waals surface area contributed by atoms with Crippen molar-refractivity contribution in [3.8, 4) is 0 Å². The number of alkyl halides is 3. The third-order valence-electron chi connectivity index (χ3n) is 3.45. The van der Waals surface area contributed by atoms with E-state index in [-0.39, 0.29) is 17.6 Å². The first-order valence-electron chi connectivity index (χ1n) is 6.38. The van der Waals surface area contributed by atoms with E-state index in [1.807, 2.05) is 0 Å². The summed E-state index contributed by atoms with van der Waals surface area (Å²) >= 11 is 0. The molecule has 1 aliphatic heterocycles. The highest BCUT2D eigenvalue weighted by molar-refractivity contribution is 5.50. The van der Waals surface area contributed by atoms with Gasteiger partial charge in [-0.15, -0.1) is 0 Å². The van der Waals surface area contributed by atoms with Crippen LogP contribution in [0.5, 0.6) is 0 Å². The van der Waals surface area contributed by atoms with Gasteiger partial charge in [0, 0.05) is 32.1 Å². The molecular formula is C12H17F3N4O. The molecule has 1 aromatic heterocycles. The minimum atomic E-state index is -4.58. The summed E-state index contributed by atoms with van der Waals surface area (Å²) in [5.41, 5.74) is 0. The minimum Gasteiger partial charge on any atom is -0.393 e. The first-order chi connectivity index (χ1) is 9.31. The van der Waals surface area contributed by atoms with E-state index in [4.69, 9.17) is 0 Å². The Morgan fingerprint density at radius 3 is 2.65 bits per heavy atom. The van der Waals surface area contributed by atoms with Crippen molar-refractivity contribution in [2.45, 2.75) is 25.6 Å². The van der Waals surface area contributed by atoms with Crippen LogP contribution in [0.25, 0.3) is 0 Å². The van der Waals surface area contributed by atoms with Crippen LogP contribution in [-0.2, 0) is 6.18 Å². The minimum absolute atomic E-state index is 0.0531. The third-order valence-corrected chi connectivity index (χ3v) is 3.45. The van der Waals surface area contributed by atoms with E-state index in [1.54, 1.807) is 11.8 Å². The molecule has 2 unspecified atom stereocenters. The summed E-state index contributed by atoms with van der Waals surface area (Å²) < 4.78 is 38.3. The molecule has 0 radical (unpaired) electrons. The molecule has 1 saturated heterocycles. The Kier molecular flexibility index (Phi) is 4.03. The molecule has 0 bridgehead atoms. The van der Waals surface area contributed by atoms with E-state index in [1.165, 1.54) is 13.1 Å². The first-order valence-corrected chi connectivity index (χ1v) is 6.38. The number of hydrogen-bond donors (Lipinski definition) is 2. The molecule has 1 aliphatic rings. The van der Waals surface area contributed by atoms with E-state index >= 15 is 0 Å². The average molecular weight is 290 g/mol. The van der Waals surface area contributed by atoms with Gasteiger partial charge in [-0.3, -0.25) is 0 Å². The van der Waals surface area contributed by atoms with Crippen LogP contribution in [0.1, 0.15) is 19.2 Å². The highest BCUT2D eigenvalue weighted by Gasteiger charge is 2.36. The second kappa shape index (κ2) is 5.43. The van der Waals surface area contributed by atoms with Gasteiger partial charge in [-0.05, 0) is 13.3 Å². The fourth-order valence-corrected chi connectivity index (χ4v) is 2.24. The van der Waals surface area contributed by atoms with E-state index < -0.39 is 18.1 Å². The number of halogens is 3. The van der Waals surface area contributed by atoms with Crippen molar-refractivity contribution in [2.24, 2.45) is 5.92 Å². The van der Waals surface area contributed by atoms with Gasteiger partial charge in [-0.1, -0.05) is 0 Å². The predicted molar refractivity (Wildman–Crippen MR) is 68.6 cm³/mol. The molecule has 5 nitrogen and oxygen atoms in total. The van der Waals surface area contributed by atoms with E-state index in [9.17, 15) is 18.3 Å². The van der Waals surface area contributed by atoms with Crippen LogP contribution >= 0.6 is 0 Å². The van der Waals surface area contributed by atoms with E-state index in [2.05, 4.69) is 15.3 Å². The zero-order chi connectivity index (χ0) is 14.9. The second-order valence-electron chi connectivity index (χ2n) is 4.92. The normalized spacial score (nSPS) is 21.1. The molecule has 1 fully saturated rings. The number of nitrogens with one attached hydrogen (secondary N) is 1. The zero-order valence-electron chi connectivity index (χ0n) is 11.3. The van der Waals surface area contributed by atoms with Gasteiger partial charge in [0.15, 0.2) is 0 Å². The Morgan fingerprint density at radius 1 is 1.45 bits per heavy atom. The number of aromatic nitrogens is 2. The van der Waals surface area contributed by atoms with Crippen LogP contribution in [0.3, 0.4) is 0 Å². The van der Waals surface area contributed by atoms with Gasteiger partial charge in [0.2, 0.25) is 5.82 Å². The lowest BCUT2D eigenvalue weighted by atomic mass is 10.0. The van der Waals surface area contributed by atoms with Gasteiger partial charge in [-0.2, -0.15) is 13.2 Å². The Labute approximate surface area is 114 Å². The summed E-state index contributed by atoms with van der Waals surface area (Å²) in [5, 5.41) is 12.2. The molecule has 1 aromatic rings. The SMILES string of the molecule is CNc1cc(N2CCC(C(C)O)C2)nc(C(F)(F)F)n1. The largest absolute Gasteiger partial charge is 0.451 e. The maximum atomic E-state index is 12.8. The second-order valence-corrected chi connectivity index (χ2v) is 4.92. The number of aliphatic hydroxyl groups excluding tert-OH is 1. The molecule has 0 amide bonds. The van der Waals surface area contributed by atoms with Gasteiger partial charge in [0.1, 0.15) is 11.6 Å². The molecule has 20 heavy (non-hydrogen) atoms. The quantitative estimate of drug-likeness (QED) is 0.888. The van der Waals surface area contributed by atoms with Gasteiger partial charge in [0.25, 0.3) is 0 Å². The molecule has 0 saturated carbocycles. The number of rotatable bonds is 3. The summed E-state index contributed by atoms with van der Waals surface area (Å²) in [7, 11) is 1.51. The molecule has 0 aliphatic carbocycles. The monoisotopic (exact) mass is 290 g/mol. The lowest BCUT2D eigenvalue weighted by Crippen LogP contribution is -2.26. The van der Waals surface area contributed by atoms with Crippen LogP contribution in [0.2, 0.25) is 0 Å². The Hall–Kier alpha value is -1.57. The predicted octanol–water partition coefficient (Wildman–Crippen LogP) is 1.74. The topological polar surface area (TPSA) is 61.3 Å². The third kappa shape index (κ3) is 3.12. The molecule has 0 aromatic carbocycles. The molecule has 112 valence electrons. The summed E-state index contributed by atoms with van der Waals surface area (Å²) in [6.07, 6.45) is -4.32. The van der Waals surface area contributed by atoms with Crippen molar-refractivity contribution >= 4 is 11.6 Å². The summed E-state index contributed by atoms with van der Waals surface area (Å²) in [6.45, 7) is 2.76. The van der Waals surface area contributed by atoms with Crippen LogP contribution < -0.4 is 10.2 Å². The Bertz CT molecular complexity index is 478. The Morgan fingerprint density at radius 2 is 2.15 bits per heavy atom. The first kappa shape index (κ1) is 14.8. The molecular weight excluding hydrogens is 273 g/mol. The smallest absolute Gasteiger partial charge is 0.393 e. The molecule has 8 heteroatoms. The lowest BCUT2D eigenvalue weighted by Gasteiger charge is -2.20.